The second-order valence-corrected chi connectivity index (χ2v) is 5.31. The van der Waals surface area contributed by atoms with Crippen LogP contribution in [0.2, 0.25) is 0 Å². The van der Waals surface area contributed by atoms with Gasteiger partial charge >= 0.3 is 0 Å². The van der Waals surface area contributed by atoms with Crippen molar-refractivity contribution < 1.29 is 9.94 Å². The number of halogens is 2. The van der Waals surface area contributed by atoms with Crippen LogP contribution in [-0.4, -0.2) is 16.0 Å². The third kappa shape index (κ3) is 3.45. The lowest BCUT2D eigenvalue weighted by molar-refractivity contribution is 0.318. The topological polar surface area (TPSA) is 80.7 Å². The van der Waals surface area contributed by atoms with Crippen LogP contribution in [0.15, 0.2) is 50.6 Å². The fraction of sp³-hybridized carbons (Fsp3) is 0. The zero-order valence-corrected chi connectivity index (χ0v) is 12.7. The van der Waals surface area contributed by atoms with E-state index in [1.165, 1.54) is 6.20 Å². The minimum Gasteiger partial charge on any atom is -0.456 e. The quantitative estimate of drug-likeness (QED) is 0.366. The number of benzene rings is 1. The van der Waals surface area contributed by atoms with Crippen LogP contribution in [0.5, 0.6) is 11.5 Å². The van der Waals surface area contributed by atoms with Crippen LogP contribution < -0.4 is 10.5 Å². The molecule has 0 saturated heterocycles. The molecule has 2 rings (SSSR count). The van der Waals surface area contributed by atoms with Crippen LogP contribution in [0.1, 0.15) is 5.69 Å². The van der Waals surface area contributed by atoms with Gasteiger partial charge in [0.2, 0.25) is 0 Å². The smallest absolute Gasteiger partial charge is 0.188 e. The highest BCUT2D eigenvalue weighted by Crippen LogP contribution is 2.31. The van der Waals surface area contributed by atoms with Gasteiger partial charge in [-0.15, -0.1) is 0 Å². The van der Waals surface area contributed by atoms with Crippen molar-refractivity contribution in [2.24, 2.45) is 10.9 Å². The molecule has 3 N–H and O–H groups in total. The molecule has 0 radical (unpaired) electrons. The Balaban J connectivity index is 2.28. The Hall–Kier alpha value is -1.60. The predicted octanol–water partition coefficient (Wildman–Crippen LogP) is 3.49. The summed E-state index contributed by atoms with van der Waals surface area (Å²) in [6, 6.07) is 8.83. The molecule has 19 heavy (non-hydrogen) atoms. The summed E-state index contributed by atoms with van der Waals surface area (Å²) in [5, 5.41) is 11.5. The number of ether oxygens (including phenoxy) is 1. The van der Waals surface area contributed by atoms with Gasteiger partial charge in [0.25, 0.3) is 0 Å². The van der Waals surface area contributed by atoms with E-state index in [9.17, 15) is 0 Å². The fourth-order valence-corrected chi connectivity index (χ4v) is 2.48. The number of hydrogen-bond donors (Lipinski definition) is 2. The van der Waals surface area contributed by atoms with Crippen molar-refractivity contribution in [1.82, 2.24) is 4.98 Å². The molecule has 0 atom stereocenters. The Labute approximate surface area is 126 Å². The fourth-order valence-electron chi connectivity index (χ4n) is 1.35. The number of amidine groups is 1. The lowest BCUT2D eigenvalue weighted by atomic mass is 10.3. The number of oxime groups is 1. The highest BCUT2D eigenvalue weighted by molar-refractivity contribution is 9.11. The van der Waals surface area contributed by atoms with Gasteiger partial charge in [0.1, 0.15) is 17.2 Å². The lowest BCUT2D eigenvalue weighted by Crippen LogP contribution is -2.14. The van der Waals surface area contributed by atoms with E-state index >= 15 is 0 Å². The van der Waals surface area contributed by atoms with Crippen LogP contribution in [0, 0.1) is 0 Å². The summed E-state index contributed by atoms with van der Waals surface area (Å²) >= 11 is 6.77. The van der Waals surface area contributed by atoms with Crippen molar-refractivity contribution in [1.29, 1.82) is 0 Å². The maximum atomic E-state index is 8.61. The molecule has 0 spiro atoms. The molecule has 0 unspecified atom stereocenters. The largest absolute Gasteiger partial charge is 0.456 e. The minimum absolute atomic E-state index is 0.0691. The molecule has 0 amide bonds. The van der Waals surface area contributed by atoms with E-state index in [1.54, 1.807) is 12.1 Å². The molecule has 0 aliphatic heterocycles. The van der Waals surface area contributed by atoms with E-state index in [4.69, 9.17) is 15.7 Å². The molecule has 0 aliphatic carbocycles. The molecular weight excluding hydrogens is 378 g/mol. The maximum Gasteiger partial charge on any atom is 0.188 e. The Morgan fingerprint density at radius 2 is 2.05 bits per heavy atom. The summed E-state index contributed by atoms with van der Waals surface area (Å²) in [4.78, 5) is 3.97. The molecule has 2 aromatic rings. The van der Waals surface area contributed by atoms with Gasteiger partial charge in [-0.05, 0) is 40.2 Å². The lowest BCUT2D eigenvalue weighted by Gasteiger charge is -2.08. The number of nitrogens with zero attached hydrogens (tertiary/aromatic N) is 2. The van der Waals surface area contributed by atoms with E-state index in [0.29, 0.717) is 17.2 Å². The van der Waals surface area contributed by atoms with Crippen molar-refractivity contribution in [3.63, 3.8) is 0 Å². The van der Waals surface area contributed by atoms with Gasteiger partial charge in [0.05, 0.1) is 4.47 Å². The van der Waals surface area contributed by atoms with Crippen LogP contribution in [-0.2, 0) is 0 Å². The summed E-state index contributed by atoms with van der Waals surface area (Å²) in [6.07, 6.45) is 1.52. The normalized spacial score (nSPS) is 11.4. The SMILES string of the molecule is NC(=NO)c1cc(Oc2ccc(Br)cc2Br)ccn1. The van der Waals surface area contributed by atoms with E-state index in [-0.39, 0.29) is 5.84 Å². The summed E-state index contributed by atoms with van der Waals surface area (Å²) in [7, 11) is 0. The first-order valence-corrected chi connectivity index (χ1v) is 6.75. The first-order chi connectivity index (χ1) is 9.10. The second-order valence-electron chi connectivity index (χ2n) is 3.54. The van der Waals surface area contributed by atoms with Gasteiger partial charge in [-0.1, -0.05) is 21.1 Å². The second kappa shape index (κ2) is 6.03. The first-order valence-electron chi connectivity index (χ1n) is 5.17. The molecule has 1 heterocycles. The average Bonchev–Trinajstić information content (AvgIpc) is 2.41. The Morgan fingerprint density at radius 3 is 2.74 bits per heavy atom. The molecule has 0 aliphatic rings. The van der Waals surface area contributed by atoms with E-state index in [2.05, 4.69) is 42.0 Å². The first kappa shape index (κ1) is 13.8. The van der Waals surface area contributed by atoms with Crippen LogP contribution in [0.3, 0.4) is 0 Å². The Kier molecular flexibility index (Phi) is 4.39. The summed E-state index contributed by atoms with van der Waals surface area (Å²) < 4.78 is 7.45. The standard InChI is InChI=1S/C12H9Br2N3O2/c13-7-1-2-11(9(14)5-7)19-8-3-4-16-10(6-8)12(15)17-18/h1-6,18H,(H2,15,17). The zero-order chi connectivity index (χ0) is 13.8. The summed E-state index contributed by atoms with van der Waals surface area (Å²) in [5.74, 6) is 1.12. The van der Waals surface area contributed by atoms with Crippen molar-refractivity contribution in [2.45, 2.75) is 0 Å². The van der Waals surface area contributed by atoms with E-state index < -0.39 is 0 Å². The van der Waals surface area contributed by atoms with Crippen molar-refractivity contribution in [3.05, 3.63) is 51.2 Å². The molecular formula is C12H9Br2N3O2. The Morgan fingerprint density at radius 1 is 1.26 bits per heavy atom. The molecule has 7 heteroatoms. The average molecular weight is 387 g/mol. The monoisotopic (exact) mass is 385 g/mol. The molecule has 1 aromatic heterocycles. The molecule has 1 aromatic carbocycles. The highest BCUT2D eigenvalue weighted by Gasteiger charge is 2.06. The molecule has 98 valence electrons. The molecule has 5 nitrogen and oxygen atoms in total. The van der Waals surface area contributed by atoms with Gasteiger partial charge < -0.3 is 15.7 Å². The zero-order valence-electron chi connectivity index (χ0n) is 9.55. The number of aromatic nitrogens is 1. The summed E-state index contributed by atoms with van der Waals surface area (Å²) in [6.45, 7) is 0. The van der Waals surface area contributed by atoms with Gasteiger partial charge in [-0.3, -0.25) is 4.98 Å². The number of nitrogens with two attached hydrogens (primary N) is 1. The number of rotatable bonds is 3. The third-order valence-corrected chi connectivity index (χ3v) is 3.34. The minimum atomic E-state index is -0.0691. The number of hydrogen-bond acceptors (Lipinski definition) is 4. The summed E-state index contributed by atoms with van der Waals surface area (Å²) in [5.41, 5.74) is 5.81. The van der Waals surface area contributed by atoms with Crippen LogP contribution in [0.4, 0.5) is 0 Å². The Bertz CT molecular complexity index is 632. The van der Waals surface area contributed by atoms with Crippen molar-refractivity contribution in [2.75, 3.05) is 0 Å². The van der Waals surface area contributed by atoms with Gasteiger partial charge in [-0.25, -0.2) is 0 Å². The molecule has 0 saturated carbocycles. The van der Waals surface area contributed by atoms with Gasteiger partial charge in [0, 0.05) is 16.7 Å². The van der Waals surface area contributed by atoms with Gasteiger partial charge in [-0.2, -0.15) is 0 Å². The van der Waals surface area contributed by atoms with E-state index in [0.717, 1.165) is 8.95 Å². The molecule has 0 bridgehead atoms. The molecule has 0 fully saturated rings. The van der Waals surface area contributed by atoms with Crippen molar-refractivity contribution >= 4 is 37.7 Å². The van der Waals surface area contributed by atoms with Crippen molar-refractivity contribution in [3.8, 4) is 11.5 Å². The van der Waals surface area contributed by atoms with Crippen LogP contribution in [0.25, 0.3) is 0 Å². The van der Waals surface area contributed by atoms with E-state index in [1.807, 2.05) is 18.2 Å². The maximum absolute atomic E-state index is 8.61. The third-order valence-electron chi connectivity index (χ3n) is 2.22. The number of pyridine rings is 1. The predicted molar refractivity (Wildman–Crippen MR) is 78.7 cm³/mol. The van der Waals surface area contributed by atoms with Crippen LogP contribution >= 0.6 is 31.9 Å². The van der Waals surface area contributed by atoms with Gasteiger partial charge in [0.15, 0.2) is 5.84 Å². The highest BCUT2D eigenvalue weighted by atomic mass is 79.9.